The summed E-state index contributed by atoms with van der Waals surface area (Å²) in [6.07, 6.45) is 3.69. The minimum atomic E-state index is 0.505. The molecular formula is C9H10N4. The summed E-state index contributed by atoms with van der Waals surface area (Å²) in [6, 6.07) is 5.47. The van der Waals surface area contributed by atoms with Crippen LogP contribution < -0.4 is 5.73 Å². The Hall–Kier alpha value is -1.84. The van der Waals surface area contributed by atoms with Crippen LogP contribution in [0.1, 0.15) is 5.56 Å². The van der Waals surface area contributed by atoms with Crippen LogP contribution in [0, 0.1) is 6.92 Å². The Bertz CT molecular complexity index is 419. The topological polar surface area (TPSA) is 56.7 Å². The van der Waals surface area contributed by atoms with E-state index >= 15 is 0 Å². The molecule has 2 N–H and O–H groups in total. The first-order valence-electron chi connectivity index (χ1n) is 4.00. The van der Waals surface area contributed by atoms with Gasteiger partial charge in [-0.3, -0.25) is 0 Å². The summed E-state index contributed by atoms with van der Waals surface area (Å²) in [4.78, 5) is 4.14. The smallest absolute Gasteiger partial charge is 0.155 e. The van der Waals surface area contributed by atoms with Gasteiger partial charge in [0, 0.05) is 6.20 Å². The Morgan fingerprint density at radius 2 is 2.23 bits per heavy atom. The van der Waals surface area contributed by atoms with E-state index in [0.29, 0.717) is 5.82 Å². The number of aryl methyl sites for hydroxylation is 1. The molecule has 66 valence electrons. The number of nitrogens with zero attached hydrogens (tertiary/aromatic N) is 3. The van der Waals surface area contributed by atoms with Gasteiger partial charge in [0.15, 0.2) is 5.82 Å². The van der Waals surface area contributed by atoms with Gasteiger partial charge in [-0.25, -0.2) is 9.67 Å². The van der Waals surface area contributed by atoms with Crippen molar-refractivity contribution in [1.82, 2.24) is 14.8 Å². The van der Waals surface area contributed by atoms with Crippen molar-refractivity contribution in [2.24, 2.45) is 0 Å². The number of pyridine rings is 1. The Kier molecular flexibility index (Phi) is 1.73. The average molecular weight is 174 g/mol. The quantitative estimate of drug-likeness (QED) is 0.705. The summed E-state index contributed by atoms with van der Waals surface area (Å²) in [6.45, 7) is 1.98. The molecule has 0 spiro atoms. The molecule has 0 aromatic carbocycles. The molecule has 2 rings (SSSR count). The highest BCUT2D eigenvalue weighted by Crippen LogP contribution is 2.06. The molecule has 0 aliphatic rings. The molecule has 0 fully saturated rings. The van der Waals surface area contributed by atoms with Gasteiger partial charge in [-0.15, -0.1) is 0 Å². The van der Waals surface area contributed by atoms with Crippen molar-refractivity contribution in [2.75, 3.05) is 5.73 Å². The van der Waals surface area contributed by atoms with Gasteiger partial charge in [-0.05, 0) is 24.6 Å². The van der Waals surface area contributed by atoms with Crippen LogP contribution in [-0.4, -0.2) is 14.8 Å². The van der Waals surface area contributed by atoms with Crippen LogP contribution in [-0.2, 0) is 0 Å². The SMILES string of the molecule is Cc1cnn(-c2cccc(N)n2)c1. The number of nitrogen functional groups attached to an aromatic ring is 1. The van der Waals surface area contributed by atoms with E-state index in [9.17, 15) is 0 Å². The molecule has 0 saturated heterocycles. The fourth-order valence-electron chi connectivity index (χ4n) is 1.11. The van der Waals surface area contributed by atoms with Gasteiger partial charge in [0.05, 0.1) is 6.20 Å². The first kappa shape index (κ1) is 7.79. The molecule has 0 bridgehead atoms. The lowest BCUT2D eigenvalue weighted by molar-refractivity contribution is 0.848. The normalized spacial score (nSPS) is 10.2. The van der Waals surface area contributed by atoms with Crippen LogP contribution in [0.3, 0.4) is 0 Å². The van der Waals surface area contributed by atoms with Crippen molar-refractivity contribution < 1.29 is 0 Å². The lowest BCUT2D eigenvalue weighted by Gasteiger charge is -1.99. The Morgan fingerprint density at radius 3 is 2.85 bits per heavy atom. The zero-order valence-corrected chi connectivity index (χ0v) is 7.31. The van der Waals surface area contributed by atoms with Gasteiger partial charge >= 0.3 is 0 Å². The third kappa shape index (κ3) is 1.51. The minimum absolute atomic E-state index is 0.505. The molecule has 4 heteroatoms. The van der Waals surface area contributed by atoms with Gasteiger partial charge in [0.1, 0.15) is 5.82 Å². The summed E-state index contributed by atoms with van der Waals surface area (Å²) < 4.78 is 1.70. The predicted octanol–water partition coefficient (Wildman–Crippen LogP) is 1.16. The third-order valence-electron chi connectivity index (χ3n) is 1.70. The summed E-state index contributed by atoms with van der Waals surface area (Å²) in [7, 11) is 0. The lowest BCUT2D eigenvalue weighted by atomic mass is 10.4. The molecule has 0 unspecified atom stereocenters. The number of rotatable bonds is 1. The highest BCUT2D eigenvalue weighted by molar-refractivity contribution is 5.34. The highest BCUT2D eigenvalue weighted by Gasteiger charge is 1.98. The number of hydrogen-bond acceptors (Lipinski definition) is 3. The zero-order chi connectivity index (χ0) is 9.26. The molecular weight excluding hydrogens is 164 g/mol. The van der Waals surface area contributed by atoms with Gasteiger partial charge < -0.3 is 5.73 Å². The summed E-state index contributed by atoms with van der Waals surface area (Å²) in [5, 5.41) is 4.13. The Labute approximate surface area is 76.0 Å². The second kappa shape index (κ2) is 2.90. The maximum absolute atomic E-state index is 5.55. The van der Waals surface area contributed by atoms with Crippen molar-refractivity contribution in [3.8, 4) is 5.82 Å². The van der Waals surface area contributed by atoms with Crippen LogP contribution in [0.25, 0.3) is 5.82 Å². The summed E-state index contributed by atoms with van der Waals surface area (Å²) in [5.74, 6) is 1.25. The molecule has 13 heavy (non-hydrogen) atoms. The lowest BCUT2D eigenvalue weighted by Crippen LogP contribution is -1.99. The summed E-state index contributed by atoms with van der Waals surface area (Å²) in [5.41, 5.74) is 6.65. The average Bonchev–Trinajstić information content (AvgIpc) is 2.52. The molecule has 0 saturated carbocycles. The molecule has 2 heterocycles. The molecule has 0 radical (unpaired) electrons. The number of aromatic nitrogens is 3. The van der Waals surface area contributed by atoms with E-state index in [2.05, 4.69) is 10.1 Å². The monoisotopic (exact) mass is 174 g/mol. The standard InChI is InChI=1S/C9H10N4/c1-7-5-11-13(6-7)9-4-2-3-8(10)12-9/h2-6H,1H3,(H2,10,12). The molecule has 2 aromatic heterocycles. The molecule has 0 amide bonds. The van der Waals surface area contributed by atoms with Crippen LogP contribution in [0.15, 0.2) is 30.6 Å². The van der Waals surface area contributed by atoms with Crippen molar-refractivity contribution in [1.29, 1.82) is 0 Å². The van der Waals surface area contributed by atoms with Crippen molar-refractivity contribution in [2.45, 2.75) is 6.92 Å². The van der Waals surface area contributed by atoms with E-state index in [1.807, 2.05) is 25.3 Å². The van der Waals surface area contributed by atoms with Crippen molar-refractivity contribution >= 4 is 5.82 Å². The van der Waals surface area contributed by atoms with E-state index in [1.54, 1.807) is 16.9 Å². The van der Waals surface area contributed by atoms with Gasteiger partial charge in [-0.1, -0.05) is 6.07 Å². The maximum Gasteiger partial charge on any atom is 0.155 e. The van der Waals surface area contributed by atoms with Gasteiger partial charge in [0.2, 0.25) is 0 Å². The first-order valence-corrected chi connectivity index (χ1v) is 4.00. The van der Waals surface area contributed by atoms with Crippen molar-refractivity contribution in [3.63, 3.8) is 0 Å². The second-order valence-electron chi connectivity index (χ2n) is 2.88. The molecule has 2 aromatic rings. The Balaban J connectivity index is 2.46. The third-order valence-corrected chi connectivity index (χ3v) is 1.70. The van der Waals surface area contributed by atoms with Crippen LogP contribution in [0.2, 0.25) is 0 Å². The summed E-state index contributed by atoms with van der Waals surface area (Å²) >= 11 is 0. The number of nitrogens with two attached hydrogens (primary N) is 1. The molecule has 0 aliphatic heterocycles. The van der Waals surface area contributed by atoms with E-state index in [4.69, 9.17) is 5.73 Å². The van der Waals surface area contributed by atoms with Crippen LogP contribution in [0.4, 0.5) is 5.82 Å². The predicted molar refractivity (Wildman–Crippen MR) is 50.5 cm³/mol. The fourth-order valence-corrected chi connectivity index (χ4v) is 1.11. The van der Waals surface area contributed by atoms with E-state index in [0.717, 1.165) is 11.4 Å². The zero-order valence-electron chi connectivity index (χ0n) is 7.31. The second-order valence-corrected chi connectivity index (χ2v) is 2.88. The van der Waals surface area contributed by atoms with Crippen LogP contribution in [0.5, 0.6) is 0 Å². The van der Waals surface area contributed by atoms with E-state index < -0.39 is 0 Å². The van der Waals surface area contributed by atoms with Gasteiger partial charge in [-0.2, -0.15) is 5.10 Å². The molecule has 4 nitrogen and oxygen atoms in total. The first-order chi connectivity index (χ1) is 6.25. The molecule has 0 atom stereocenters. The largest absolute Gasteiger partial charge is 0.384 e. The fraction of sp³-hybridized carbons (Fsp3) is 0.111. The number of anilines is 1. The number of hydrogen-bond donors (Lipinski definition) is 1. The van der Waals surface area contributed by atoms with E-state index in [1.165, 1.54) is 0 Å². The van der Waals surface area contributed by atoms with E-state index in [-0.39, 0.29) is 0 Å². The van der Waals surface area contributed by atoms with Crippen molar-refractivity contribution in [3.05, 3.63) is 36.2 Å². The van der Waals surface area contributed by atoms with Gasteiger partial charge in [0.25, 0.3) is 0 Å². The Morgan fingerprint density at radius 1 is 1.38 bits per heavy atom. The highest BCUT2D eigenvalue weighted by atomic mass is 15.3. The van der Waals surface area contributed by atoms with Crippen LogP contribution >= 0.6 is 0 Å². The minimum Gasteiger partial charge on any atom is -0.384 e. The molecule has 0 aliphatic carbocycles. The maximum atomic E-state index is 5.55.